The van der Waals surface area contributed by atoms with Crippen molar-refractivity contribution in [2.24, 2.45) is 50.2 Å². The van der Waals surface area contributed by atoms with Gasteiger partial charge in [-0.1, -0.05) is 60.1 Å². The van der Waals surface area contributed by atoms with Crippen LogP contribution in [0.25, 0.3) is 0 Å². The molecule has 4 saturated carbocycles. The first-order chi connectivity index (χ1) is 34.6. The molecule has 0 amide bonds. The minimum Gasteiger partial charge on any atom is -0.432 e. The van der Waals surface area contributed by atoms with E-state index in [1.54, 1.807) is 0 Å². The molecule has 5 aliphatic carbocycles. The number of esters is 1. The van der Waals surface area contributed by atoms with Gasteiger partial charge in [-0.15, -0.1) is 0 Å². The number of ether oxygens (including phenoxy) is 8. The Morgan fingerprint density at radius 2 is 1.22 bits per heavy atom. The molecule has 0 bridgehead atoms. The van der Waals surface area contributed by atoms with Gasteiger partial charge in [0, 0.05) is 0 Å². The Bertz CT molecular complexity index is 2040. The van der Waals surface area contributed by atoms with E-state index < -0.39 is 147 Å². The quantitative estimate of drug-likeness (QED) is 0.0755. The van der Waals surface area contributed by atoms with Gasteiger partial charge in [-0.05, 0) is 116 Å². The molecule has 0 radical (unpaired) electrons. The number of carbonyl (C=O) groups excluding carboxylic acids is 1. The first-order valence-corrected chi connectivity index (χ1v) is 27.1. The number of rotatable bonds is 10. The van der Waals surface area contributed by atoms with Crippen LogP contribution in [0.4, 0.5) is 0 Å². The number of fused-ring (bicyclic) bond motifs is 7. The smallest absolute Gasteiger partial charge is 0.315 e. The van der Waals surface area contributed by atoms with Crippen LogP contribution in [0.2, 0.25) is 0 Å². The average Bonchev–Trinajstić information content (AvgIpc) is 3.35. The fourth-order valence-corrected chi connectivity index (χ4v) is 16.2. The minimum absolute atomic E-state index is 0.114. The summed E-state index contributed by atoms with van der Waals surface area (Å²) in [7, 11) is 0. The zero-order valence-corrected chi connectivity index (χ0v) is 44.1. The SMILES string of the molecule is C[C@@H]1O[C@@H](O[C@H]2[C@H](O[C@H]3CC[C@]4(C)[C@H]5CC=C6[C@@H]7CC(C)(C)CC[C@]7(C(=O)O[C@@H]7O[C@H](CO)[C@@H](O[C@@H]8O[C@H](CO)[C@@H](O)[C@H](O)[C@H]8O)[C@H](O)[C@H]7O)CC[C@@]6(C)[C@]5(C)CC[C@H]4C3(C)C)OC[C@H](O)[C@@H]2O)[C@H](O)[C@H](O)[C@H]1O. The second-order valence-electron chi connectivity index (χ2n) is 25.8. The maximum Gasteiger partial charge on any atom is 0.315 e. The van der Waals surface area contributed by atoms with Crippen molar-refractivity contribution in [1.82, 2.24) is 0 Å². The van der Waals surface area contributed by atoms with E-state index in [1.165, 1.54) is 12.5 Å². The Hall–Kier alpha value is -1.55. The predicted molar refractivity (Wildman–Crippen MR) is 255 cm³/mol. The van der Waals surface area contributed by atoms with Crippen LogP contribution in [0.1, 0.15) is 120 Å². The first kappa shape index (κ1) is 57.1. The number of allylic oxidation sites excluding steroid dienone is 2. The molecule has 74 heavy (non-hydrogen) atoms. The third kappa shape index (κ3) is 9.17. The average molecular weight is 1060 g/mol. The normalized spacial score (nSPS) is 54.1. The highest BCUT2D eigenvalue weighted by Crippen LogP contribution is 2.76. The molecule has 9 rings (SSSR count). The predicted octanol–water partition coefficient (Wildman–Crippen LogP) is -0.369. The van der Waals surface area contributed by atoms with Crippen molar-refractivity contribution in [3.63, 3.8) is 0 Å². The van der Waals surface area contributed by atoms with E-state index in [4.69, 9.17) is 37.9 Å². The Morgan fingerprint density at radius 3 is 1.89 bits per heavy atom. The molecule has 4 heterocycles. The van der Waals surface area contributed by atoms with Crippen molar-refractivity contribution in [2.45, 2.75) is 242 Å². The second kappa shape index (κ2) is 20.5. The third-order valence-corrected chi connectivity index (χ3v) is 21.0. The van der Waals surface area contributed by atoms with Gasteiger partial charge in [0.1, 0.15) is 85.5 Å². The van der Waals surface area contributed by atoms with Gasteiger partial charge >= 0.3 is 5.97 Å². The second-order valence-corrected chi connectivity index (χ2v) is 25.8. The largest absolute Gasteiger partial charge is 0.432 e. The molecule has 21 nitrogen and oxygen atoms in total. The fraction of sp³-hybridized carbons (Fsp3) is 0.943. The lowest BCUT2D eigenvalue weighted by atomic mass is 9.33. The van der Waals surface area contributed by atoms with Gasteiger partial charge in [-0.25, -0.2) is 0 Å². The zero-order valence-electron chi connectivity index (χ0n) is 44.1. The van der Waals surface area contributed by atoms with Crippen LogP contribution >= 0.6 is 0 Å². The van der Waals surface area contributed by atoms with Gasteiger partial charge in [0.2, 0.25) is 6.29 Å². The molecule has 12 N–H and O–H groups in total. The van der Waals surface area contributed by atoms with Gasteiger partial charge in [-0.3, -0.25) is 4.79 Å². The van der Waals surface area contributed by atoms with Gasteiger partial charge < -0.3 is 99.2 Å². The molecule has 8 fully saturated rings. The highest BCUT2D eigenvalue weighted by molar-refractivity contribution is 5.79. The van der Waals surface area contributed by atoms with Crippen LogP contribution < -0.4 is 0 Å². The molecule has 0 aromatic heterocycles. The number of hydrogen-bond donors (Lipinski definition) is 12. The number of hydrogen-bond acceptors (Lipinski definition) is 21. The van der Waals surface area contributed by atoms with Crippen LogP contribution in [0, 0.1) is 50.2 Å². The van der Waals surface area contributed by atoms with Crippen molar-refractivity contribution >= 4 is 5.97 Å². The van der Waals surface area contributed by atoms with Gasteiger partial charge in [0.25, 0.3) is 0 Å². The van der Waals surface area contributed by atoms with E-state index in [2.05, 4.69) is 54.5 Å². The van der Waals surface area contributed by atoms with Crippen LogP contribution in [0.5, 0.6) is 0 Å². The van der Waals surface area contributed by atoms with Crippen molar-refractivity contribution in [2.75, 3.05) is 19.8 Å². The first-order valence-electron chi connectivity index (χ1n) is 27.1. The van der Waals surface area contributed by atoms with E-state index in [0.717, 1.165) is 32.1 Å². The number of aliphatic hydroxyl groups is 12. The Kier molecular flexibility index (Phi) is 15.8. The standard InChI is InChI=1S/C53H86O21/c1-23-32(57)35(60)38(63)43(68-23)73-42-33(58)26(56)22-67-46(42)71-31-12-13-50(6)29(49(31,4)5)11-14-52(8)30(50)10-9-24-25-19-48(2,3)15-17-53(25,18-16-51(24,52)7)47(66)74-45-40(65)37(62)41(28(21-55)70-45)72-44-39(64)36(61)34(59)27(20-54)69-44/h9,23,25-46,54-65H,10-22H2,1-8H3/t23-,25-,26-,27+,28+,29-,30+,31-,32-,33-,34+,35+,36-,37+,38+,39+,40+,41+,42+,43-,44-,45-,46-,50-,51+,52+,53-/m0/s1. The Balaban J connectivity index is 0.923. The molecule has 0 spiro atoms. The lowest BCUT2D eigenvalue weighted by Crippen LogP contribution is -2.66. The fourth-order valence-electron chi connectivity index (χ4n) is 16.2. The molecule has 0 unspecified atom stereocenters. The molecule has 0 aromatic carbocycles. The molecule has 21 heteroatoms. The zero-order chi connectivity index (χ0) is 54.0. The maximum absolute atomic E-state index is 15.1. The maximum atomic E-state index is 15.1. The molecule has 4 saturated heterocycles. The summed E-state index contributed by atoms with van der Waals surface area (Å²) in [6.07, 6.45) is -19.4. The summed E-state index contributed by atoms with van der Waals surface area (Å²) in [6, 6.07) is 0. The van der Waals surface area contributed by atoms with Gasteiger partial charge in [0.05, 0.1) is 37.4 Å². The van der Waals surface area contributed by atoms with Crippen molar-refractivity contribution in [3.05, 3.63) is 11.6 Å². The number of aliphatic hydroxyl groups excluding tert-OH is 12. The topological polar surface area (TPSA) is 334 Å². The summed E-state index contributed by atoms with van der Waals surface area (Å²) in [6.45, 7) is 15.9. The van der Waals surface area contributed by atoms with Crippen molar-refractivity contribution < 1.29 is 104 Å². The molecular formula is C53H86O21. The summed E-state index contributed by atoms with van der Waals surface area (Å²) in [5, 5.41) is 128. The lowest BCUT2D eigenvalue weighted by Gasteiger charge is -2.71. The monoisotopic (exact) mass is 1060 g/mol. The van der Waals surface area contributed by atoms with Crippen molar-refractivity contribution in [3.8, 4) is 0 Å². The van der Waals surface area contributed by atoms with Crippen LogP contribution in [0.15, 0.2) is 11.6 Å². The van der Waals surface area contributed by atoms with Crippen LogP contribution in [-0.4, -0.2) is 210 Å². The summed E-state index contributed by atoms with van der Waals surface area (Å²) >= 11 is 0. The van der Waals surface area contributed by atoms with E-state index >= 15 is 4.79 Å². The molecule has 0 aromatic rings. The van der Waals surface area contributed by atoms with E-state index in [1.807, 2.05) is 0 Å². The van der Waals surface area contributed by atoms with E-state index in [-0.39, 0.29) is 52.1 Å². The minimum atomic E-state index is -1.86. The molecule has 4 aliphatic heterocycles. The molecule has 27 atom stereocenters. The third-order valence-electron chi connectivity index (χ3n) is 21.0. The highest BCUT2D eigenvalue weighted by atomic mass is 16.8. The lowest BCUT2D eigenvalue weighted by molar-refractivity contribution is -0.364. The Labute approximate surface area is 433 Å². The highest BCUT2D eigenvalue weighted by Gasteiger charge is 2.70. The summed E-state index contributed by atoms with van der Waals surface area (Å²) < 4.78 is 48.0. The van der Waals surface area contributed by atoms with E-state index in [0.29, 0.717) is 32.1 Å². The summed E-state index contributed by atoms with van der Waals surface area (Å²) in [5.74, 6) is -0.319. The number of carbonyl (C=O) groups is 1. The summed E-state index contributed by atoms with van der Waals surface area (Å²) in [4.78, 5) is 15.1. The van der Waals surface area contributed by atoms with Gasteiger partial charge in [-0.2, -0.15) is 0 Å². The van der Waals surface area contributed by atoms with Crippen molar-refractivity contribution in [1.29, 1.82) is 0 Å². The molecule has 9 aliphatic rings. The Morgan fingerprint density at radius 1 is 0.608 bits per heavy atom. The van der Waals surface area contributed by atoms with Crippen LogP contribution in [-0.2, 0) is 42.7 Å². The van der Waals surface area contributed by atoms with E-state index in [9.17, 15) is 61.3 Å². The molecular weight excluding hydrogens is 973 g/mol. The summed E-state index contributed by atoms with van der Waals surface area (Å²) in [5.41, 5.74) is -0.885. The molecule has 424 valence electrons. The van der Waals surface area contributed by atoms with Gasteiger partial charge in [0.15, 0.2) is 18.9 Å². The van der Waals surface area contributed by atoms with Crippen LogP contribution in [0.3, 0.4) is 0 Å².